The average molecular weight is 445 g/mol. The lowest BCUT2D eigenvalue weighted by atomic mass is 9.45. The second-order valence-electron chi connectivity index (χ2n) is 10.6. The van der Waals surface area contributed by atoms with Crippen molar-refractivity contribution in [2.24, 2.45) is 29.1 Å². The Labute approximate surface area is 190 Å². The number of aliphatic hydroxyl groups excluding tert-OH is 2. The highest BCUT2D eigenvalue weighted by Crippen LogP contribution is 2.61. The molecule has 3 N–H and O–H groups in total. The molecule has 1 amide bonds. The summed E-state index contributed by atoms with van der Waals surface area (Å²) in [5.74, 6) is 0.881. The van der Waals surface area contributed by atoms with Gasteiger partial charge in [0.15, 0.2) is 0 Å². The zero-order valence-electron chi connectivity index (χ0n) is 19.4. The highest BCUT2D eigenvalue weighted by Gasteiger charge is 2.57. The average Bonchev–Trinajstić information content (AvgIpc) is 3.13. The number of carbonyl (C=O) groups excluding carboxylic acids is 2. The van der Waals surface area contributed by atoms with E-state index in [4.69, 9.17) is 4.84 Å². The van der Waals surface area contributed by atoms with Crippen molar-refractivity contribution in [2.75, 3.05) is 6.61 Å². The van der Waals surface area contributed by atoms with E-state index in [0.29, 0.717) is 28.7 Å². The SMILES string of the molecule is C[C@@H]1[C@@H](NC(=O)[C@@H]2[C@H]([C@H](C)O)[C@H](CO)ON2Cc2cccc(C=O)c2)C[C@H]2C[C@@H]1C2(C)C. The summed E-state index contributed by atoms with van der Waals surface area (Å²) in [7, 11) is 0. The van der Waals surface area contributed by atoms with Crippen LogP contribution in [0.25, 0.3) is 0 Å². The molecule has 2 bridgehead atoms. The van der Waals surface area contributed by atoms with Gasteiger partial charge in [0.2, 0.25) is 5.91 Å². The van der Waals surface area contributed by atoms with Crippen molar-refractivity contribution in [3.05, 3.63) is 35.4 Å². The van der Waals surface area contributed by atoms with Crippen molar-refractivity contribution >= 4 is 12.2 Å². The van der Waals surface area contributed by atoms with E-state index in [1.165, 1.54) is 6.42 Å². The molecule has 176 valence electrons. The maximum atomic E-state index is 13.6. The Morgan fingerprint density at radius 3 is 2.72 bits per heavy atom. The molecule has 3 saturated carbocycles. The number of nitrogens with one attached hydrogen (secondary N) is 1. The molecule has 0 radical (unpaired) electrons. The Balaban J connectivity index is 1.54. The minimum absolute atomic E-state index is 0.0994. The van der Waals surface area contributed by atoms with E-state index in [2.05, 4.69) is 26.1 Å². The third-order valence-electron chi connectivity index (χ3n) is 8.49. The topological polar surface area (TPSA) is 99.1 Å². The second kappa shape index (κ2) is 8.86. The van der Waals surface area contributed by atoms with Crippen LogP contribution in [0.15, 0.2) is 24.3 Å². The summed E-state index contributed by atoms with van der Waals surface area (Å²) in [6.07, 6.45) is 1.48. The lowest BCUT2D eigenvalue weighted by Crippen LogP contribution is -2.62. The number of benzene rings is 1. The van der Waals surface area contributed by atoms with Crippen molar-refractivity contribution in [1.29, 1.82) is 0 Å². The summed E-state index contributed by atoms with van der Waals surface area (Å²) in [4.78, 5) is 30.7. The van der Waals surface area contributed by atoms with Gasteiger partial charge in [-0.15, -0.1) is 0 Å². The fourth-order valence-corrected chi connectivity index (χ4v) is 6.43. The molecule has 4 fully saturated rings. The number of rotatable bonds is 7. The van der Waals surface area contributed by atoms with Crippen LogP contribution < -0.4 is 5.32 Å². The third kappa shape index (κ3) is 4.00. The first-order valence-electron chi connectivity index (χ1n) is 11.7. The lowest BCUT2D eigenvalue weighted by Gasteiger charge is -2.62. The monoisotopic (exact) mass is 444 g/mol. The molecule has 0 aromatic heterocycles. The molecular formula is C25H36N2O5. The van der Waals surface area contributed by atoms with Gasteiger partial charge in [-0.25, -0.2) is 0 Å². The second-order valence-corrected chi connectivity index (χ2v) is 10.6. The molecule has 1 aromatic carbocycles. The van der Waals surface area contributed by atoms with Crippen LogP contribution in [0, 0.1) is 29.1 Å². The van der Waals surface area contributed by atoms with Gasteiger partial charge < -0.3 is 15.5 Å². The number of nitrogens with zero attached hydrogens (tertiary/aromatic N) is 1. The van der Waals surface area contributed by atoms with Crippen molar-refractivity contribution in [2.45, 2.75) is 71.4 Å². The number of aldehydes is 1. The minimum atomic E-state index is -0.828. The van der Waals surface area contributed by atoms with Crippen LogP contribution in [0.1, 0.15) is 56.5 Å². The number of carbonyl (C=O) groups is 2. The van der Waals surface area contributed by atoms with Crippen LogP contribution in [0.5, 0.6) is 0 Å². The number of hydroxylamine groups is 2. The summed E-state index contributed by atoms with van der Waals surface area (Å²) >= 11 is 0. The van der Waals surface area contributed by atoms with Gasteiger partial charge in [-0.05, 0) is 54.6 Å². The van der Waals surface area contributed by atoms with Crippen molar-refractivity contribution in [3.63, 3.8) is 0 Å². The van der Waals surface area contributed by atoms with Gasteiger partial charge in [-0.2, -0.15) is 5.06 Å². The molecule has 1 aromatic rings. The Morgan fingerprint density at radius 1 is 1.38 bits per heavy atom. The highest BCUT2D eigenvalue weighted by molar-refractivity contribution is 5.83. The van der Waals surface area contributed by atoms with Crippen LogP contribution in [0.4, 0.5) is 0 Å². The fraction of sp³-hybridized carbons (Fsp3) is 0.680. The number of aliphatic hydroxyl groups is 2. The normalized spacial score (nSPS) is 36.9. The standard InChI is InChI=1S/C25H36N2O5/c1-14-19-9-18(25(19,3)4)10-20(14)26-24(31)23-22(15(2)30)21(13-29)32-27(23)11-16-6-5-7-17(8-16)12-28/h5-8,12,14-15,18-23,29-30H,9-11,13H2,1-4H3,(H,26,31)/t14-,15-,18+,19-,20-,21-,22+,23-/m0/s1. The molecule has 0 unspecified atom stereocenters. The third-order valence-corrected chi connectivity index (χ3v) is 8.49. The van der Waals surface area contributed by atoms with Gasteiger partial charge in [0.25, 0.3) is 0 Å². The molecule has 0 spiro atoms. The fourth-order valence-electron chi connectivity index (χ4n) is 6.43. The van der Waals surface area contributed by atoms with E-state index in [9.17, 15) is 19.8 Å². The van der Waals surface area contributed by atoms with Crippen molar-refractivity contribution < 1.29 is 24.6 Å². The zero-order chi connectivity index (χ0) is 23.2. The maximum absolute atomic E-state index is 13.6. The molecule has 1 saturated heterocycles. The molecule has 7 heteroatoms. The highest BCUT2D eigenvalue weighted by atomic mass is 16.7. The van der Waals surface area contributed by atoms with Crippen molar-refractivity contribution in [3.8, 4) is 0 Å². The van der Waals surface area contributed by atoms with Crippen LogP contribution in [0.2, 0.25) is 0 Å². The molecule has 4 aliphatic rings. The quantitative estimate of drug-likeness (QED) is 0.558. The molecule has 1 heterocycles. The van der Waals surface area contributed by atoms with E-state index in [-0.39, 0.29) is 25.1 Å². The zero-order valence-corrected chi connectivity index (χ0v) is 19.4. The molecule has 32 heavy (non-hydrogen) atoms. The van der Waals surface area contributed by atoms with Crippen LogP contribution >= 0.6 is 0 Å². The predicted octanol–water partition coefficient (Wildman–Crippen LogP) is 2.16. The van der Waals surface area contributed by atoms with Crippen LogP contribution in [-0.4, -0.2) is 58.4 Å². The van der Waals surface area contributed by atoms with Gasteiger partial charge in [0, 0.05) is 17.5 Å². The largest absolute Gasteiger partial charge is 0.394 e. The van der Waals surface area contributed by atoms with E-state index in [1.807, 2.05) is 6.07 Å². The molecule has 7 nitrogen and oxygen atoms in total. The van der Waals surface area contributed by atoms with Gasteiger partial charge in [0.1, 0.15) is 18.4 Å². The molecule has 1 aliphatic heterocycles. The predicted molar refractivity (Wildman–Crippen MR) is 119 cm³/mol. The minimum Gasteiger partial charge on any atom is -0.394 e. The summed E-state index contributed by atoms with van der Waals surface area (Å²) in [5, 5.41) is 25.2. The van der Waals surface area contributed by atoms with E-state index < -0.39 is 24.2 Å². The lowest BCUT2D eigenvalue weighted by molar-refractivity contribution is -0.183. The summed E-state index contributed by atoms with van der Waals surface area (Å²) in [6.45, 7) is 8.50. The Hall–Kier alpha value is -1.80. The van der Waals surface area contributed by atoms with Gasteiger partial charge in [-0.1, -0.05) is 39.0 Å². The van der Waals surface area contributed by atoms with Gasteiger partial charge >= 0.3 is 0 Å². The molecule has 3 aliphatic carbocycles. The molecule has 8 atom stereocenters. The van der Waals surface area contributed by atoms with Crippen LogP contribution in [-0.2, 0) is 16.2 Å². The van der Waals surface area contributed by atoms with Crippen LogP contribution in [0.3, 0.4) is 0 Å². The molecule has 5 rings (SSSR count). The van der Waals surface area contributed by atoms with E-state index in [0.717, 1.165) is 18.3 Å². The molecular weight excluding hydrogens is 408 g/mol. The summed E-state index contributed by atoms with van der Waals surface area (Å²) in [5.41, 5.74) is 1.70. The first kappa shape index (κ1) is 23.4. The smallest absolute Gasteiger partial charge is 0.240 e. The maximum Gasteiger partial charge on any atom is 0.240 e. The van der Waals surface area contributed by atoms with Gasteiger partial charge in [-0.3, -0.25) is 14.4 Å². The summed E-state index contributed by atoms with van der Waals surface area (Å²) in [6, 6.07) is 6.50. The van der Waals surface area contributed by atoms with Crippen molar-refractivity contribution in [1.82, 2.24) is 10.4 Å². The van der Waals surface area contributed by atoms with Gasteiger partial charge in [0.05, 0.1) is 19.3 Å². The number of amides is 1. The van der Waals surface area contributed by atoms with E-state index in [1.54, 1.807) is 30.2 Å². The Kier molecular flexibility index (Phi) is 6.47. The first-order valence-corrected chi connectivity index (χ1v) is 11.7. The Bertz CT molecular complexity index is 856. The number of hydrogen-bond acceptors (Lipinski definition) is 6. The number of hydrogen-bond donors (Lipinski definition) is 3. The number of fused-ring (bicyclic) bond motifs is 2. The Morgan fingerprint density at radius 2 is 2.12 bits per heavy atom. The van der Waals surface area contributed by atoms with E-state index >= 15 is 0 Å². The first-order chi connectivity index (χ1) is 15.2. The summed E-state index contributed by atoms with van der Waals surface area (Å²) < 4.78 is 0.